The van der Waals surface area contributed by atoms with Gasteiger partial charge in [-0.05, 0) is 25.5 Å². The average Bonchev–Trinajstić information content (AvgIpc) is 3.14. The second-order valence-electron chi connectivity index (χ2n) is 6.83. The van der Waals surface area contributed by atoms with Crippen molar-refractivity contribution >= 4 is 39.3 Å². The first-order chi connectivity index (χ1) is 13.5. The van der Waals surface area contributed by atoms with Gasteiger partial charge in [-0.25, -0.2) is 9.97 Å². The van der Waals surface area contributed by atoms with Crippen molar-refractivity contribution in [3.8, 4) is 0 Å². The summed E-state index contributed by atoms with van der Waals surface area (Å²) in [6.07, 6.45) is 0.737. The van der Waals surface area contributed by atoms with Crippen molar-refractivity contribution in [2.45, 2.75) is 19.9 Å². The van der Waals surface area contributed by atoms with Crippen molar-refractivity contribution in [2.75, 3.05) is 31.9 Å². The summed E-state index contributed by atoms with van der Waals surface area (Å²) in [4.78, 5) is 37.7. The first-order valence-corrected chi connectivity index (χ1v) is 10.1. The van der Waals surface area contributed by atoms with Gasteiger partial charge >= 0.3 is 0 Å². The minimum absolute atomic E-state index is 0.0402. The molecule has 1 aromatic carbocycles. The van der Waals surface area contributed by atoms with Crippen LogP contribution in [0.2, 0.25) is 0 Å². The number of aromatic nitrogens is 3. The van der Waals surface area contributed by atoms with Crippen molar-refractivity contribution in [1.82, 2.24) is 24.3 Å². The van der Waals surface area contributed by atoms with Crippen LogP contribution in [-0.2, 0) is 11.3 Å². The Labute approximate surface area is 166 Å². The zero-order chi connectivity index (χ0) is 19.7. The third kappa shape index (κ3) is 3.57. The van der Waals surface area contributed by atoms with Crippen LogP contribution in [0.15, 0.2) is 29.6 Å². The second-order valence-corrected chi connectivity index (χ2v) is 7.72. The monoisotopic (exact) mass is 398 g/mol. The molecule has 1 aliphatic rings. The molecule has 9 heteroatoms. The van der Waals surface area contributed by atoms with Gasteiger partial charge in [0.2, 0.25) is 5.91 Å². The Morgan fingerprint density at radius 1 is 1.11 bits per heavy atom. The minimum Gasteiger partial charge on any atom is -0.375 e. The molecule has 2 amide bonds. The van der Waals surface area contributed by atoms with Gasteiger partial charge in [-0.1, -0.05) is 12.1 Å². The molecule has 3 heterocycles. The molecule has 4 rings (SSSR count). The molecule has 2 N–H and O–H groups in total. The van der Waals surface area contributed by atoms with Gasteiger partial charge in [0.15, 0.2) is 5.13 Å². The number of nitrogens with zero attached hydrogens (tertiary/aromatic N) is 5. The number of rotatable bonds is 3. The summed E-state index contributed by atoms with van der Waals surface area (Å²) in [6.45, 7) is 4.40. The third-order valence-electron chi connectivity index (χ3n) is 5.02. The van der Waals surface area contributed by atoms with Gasteiger partial charge in [-0.15, -0.1) is 11.3 Å². The van der Waals surface area contributed by atoms with E-state index in [1.165, 1.54) is 11.3 Å². The van der Waals surface area contributed by atoms with Crippen LogP contribution in [0.3, 0.4) is 0 Å². The Bertz CT molecular complexity index is 1030. The number of thiazole rings is 1. The van der Waals surface area contributed by atoms with E-state index in [-0.39, 0.29) is 18.4 Å². The highest BCUT2D eigenvalue weighted by Gasteiger charge is 2.24. The van der Waals surface area contributed by atoms with Gasteiger partial charge in [0.25, 0.3) is 5.91 Å². The van der Waals surface area contributed by atoms with Crippen molar-refractivity contribution in [3.05, 3.63) is 41.2 Å². The van der Waals surface area contributed by atoms with E-state index in [4.69, 9.17) is 5.73 Å². The average molecular weight is 398 g/mol. The van der Waals surface area contributed by atoms with E-state index in [0.29, 0.717) is 37.0 Å². The molecular weight excluding hydrogens is 376 g/mol. The van der Waals surface area contributed by atoms with Crippen LogP contribution in [0.4, 0.5) is 5.13 Å². The normalized spacial score (nSPS) is 15.0. The lowest BCUT2D eigenvalue weighted by molar-refractivity contribution is -0.131. The number of carbonyl (C=O) groups is 2. The standard InChI is InChI=1S/C19H22N6O2S/c1-13-21-14-5-2-3-6-16(14)25(13)11-17(26)23-7-4-8-24(10-9-23)18(27)15-12-28-19(20)22-15/h2-3,5-6,12H,4,7-11H2,1H3,(H2,20,22). The van der Waals surface area contributed by atoms with E-state index >= 15 is 0 Å². The highest BCUT2D eigenvalue weighted by molar-refractivity contribution is 7.13. The summed E-state index contributed by atoms with van der Waals surface area (Å²) in [7, 11) is 0. The summed E-state index contributed by atoms with van der Waals surface area (Å²) in [6, 6.07) is 7.82. The summed E-state index contributed by atoms with van der Waals surface area (Å²) < 4.78 is 1.95. The molecule has 0 aliphatic carbocycles. The molecule has 2 aromatic heterocycles. The number of nitrogens with two attached hydrogens (primary N) is 1. The molecule has 0 radical (unpaired) electrons. The Morgan fingerprint density at radius 2 is 1.86 bits per heavy atom. The van der Waals surface area contributed by atoms with E-state index in [9.17, 15) is 9.59 Å². The van der Waals surface area contributed by atoms with Gasteiger partial charge in [0, 0.05) is 31.6 Å². The molecule has 0 saturated carbocycles. The number of hydrogen-bond acceptors (Lipinski definition) is 6. The number of nitrogen functional groups attached to an aromatic ring is 1. The number of anilines is 1. The van der Waals surface area contributed by atoms with Crippen LogP contribution < -0.4 is 5.73 Å². The summed E-state index contributed by atoms with van der Waals surface area (Å²) in [5, 5.41) is 2.07. The SMILES string of the molecule is Cc1nc2ccccc2n1CC(=O)N1CCCN(C(=O)c2csc(N)n2)CC1. The molecule has 1 aliphatic heterocycles. The van der Waals surface area contributed by atoms with E-state index in [1.807, 2.05) is 40.7 Å². The second kappa shape index (κ2) is 7.59. The minimum atomic E-state index is -0.126. The predicted molar refractivity (Wildman–Crippen MR) is 108 cm³/mol. The maximum atomic E-state index is 12.9. The lowest BCUT2D eigenvalue weighted by Crippen LogP contribution is -2.38. The lowest BCUT2D eigenvalue weighted by atomic mass is 10.3. The lowest BCUT2D eigenvalue weighted by Gasteiger charge is -2.22. The van der Waals surface area contributed by atoms with Crippen LogP contribution in [0.1, 0.15) is 22.7 Å². The van der Waals surface area contributed by atoms with Crippen molar-refractivity contribution < 1.29 is 9.59 Å². The number of amides is 2. The number of carbonyl (C=O) groups excluding carboxylic acids is 2. The number of para-hydroxylation sites is 2. The quantitative estimate of drug-likeness (QED) is 0.725. The van der Waals surface area contributed by atoms with Gasteiger partial charge in [0.05, 0.1) is 11.0 Å². The molecule has 0 atom stereocenters. The fourth-order valence-electron chi connectivity index (χ4n) is 3.55. The van der Waals surface area contributed by atoms with Gasteiger partial charge in [-0.3, -0.25) is 9.59 Å². The smallest absolute Gasteiger partial charge is 0.273 e. The van der Waals surface area contributed by atoms with Crippen molar-refractivity contribution in [1.29, 1.82) is 0 Å². The Kier molecular flexibility index (Phi) is 4.99. The molecule has 8 nitrogen and oxygen atoms in total. The maximum Gasteiger partial charge on any atom is 0.273 e. The maximum absolute atomic E-state index is 12.9. The predicted octanol–water partition coefficient (Wildman–Crippen LogP) is 1.76. The molecule has 146 valence electrons. The van der Waals surface area contributed by atoms with Crippen molar-refractivity contribution in [3.63, 3.8) is 0 Å². The fraction of sp³-hybridized carbons (Fsp3) is 0.368. The van der Waals surface area contributed by atoms with Crippen LogP contribution in [-0.4, -0.2) is 62.3 Å². The zero-order valence-corrected chi connectivity index (χ0v) is 16.5. The van der Waals surface area contributed by atoms with E-state index in [0.717, 1.165) is 23.3 Å². The van der Waals surface area contributed by atoms with E-state index in [2.05, 4.69) is 9.97 Å². The molecule has 3 aromatic rings. The fourth-order valence-corrected chi connectivity index (χ4v) is 4.09. The topological polar surface area (TPSA) is 97.4 Å². The first-order valence-electron chi connectivity index (χ1n) is 9.23. The van der Waals surface area contributed by atoms with Gasteiger partial charge in [0.1, 0.15) is 18.1 Å². The molecule has 0 bridgehead atoms. The van der Waals surface area contributed by atoms with Crippen LogP contribution >= 0.6 is 11.3 Å². The van der Waals surface area contributed by atoms with Gasteiger partial charge < -0.3 is 20.1 Å². The zero-order valence-electron chi connectivity index (χ0n) is 15.7. The number of fused-ring (bicyclic) bond motifs is 1. The van der Waals surface area contributed by atoms with E-state index in [1.54, 1.807) is 10.3 Å². The Hall–Kier alpha value is -2.94. The summed E-state index contributed by atoms with van der Waals surface area (Å²) in [5.74, 6) is 0.736. The molecule has 1 saturated heterocycles. The summed E-state index contributed by atoms with van der Waals surface area (Å²) >= 11 is 1.26. The Balaban J connectivity index is 1.43. The number of benzene rings is 1. The number of aryl methyl sites for hydroxylation is 1. The largest absolute Gasteiger partial charge is 0.375 e. The van der Waals surface area contributed by atoms with Crippen LogP contribution in [0.25, 0.3) is 11.0 Å². The van der Waals surface area contributed by atoms with Gasteiger partial charge in [-0.2, -0.15) is 0 Å². The molecule has 1 fully saturated rings. The van der Waals surface area contributed by atoms with Crippen LogP contribution in [0.5, 0.6) is 0 Å². The molecular formula is C19H22N6O2S. The van der Waals surface area contributed by atoms with Crippen molar-refractivity contribution in [2.24, 2.45) is 0 Å². The third-order valence-corrected chi connectivity index (χ3v) is 5.69. The molecule has 0 spiro atoms. The number of hydrogen-bond donors (Lipinski definition) is 1. The Morgan fingerprint density at radius 3 is 2.64 bits per heavy atom. The number of imidazole rings is 1. The van der Waals surface area contributed by atoms with Crippen LogP contribution in [0, 0.1) is 6.92 Å². The van der Waals surface area contributed by atoms with E-state index < -0.39 is 0 Å². The first kappa shape index (κ1) is 18.4. The molecule has 0 unspecified atom stereocenters. The molecule has 28 heavy (non-hydrogen) atoms. The highest BCUT2D eigenvalue weighted by Crippen LogP contribution is 2.17. The summed E-state index contributed by atoms with van der Waals surface area (Å²) in [5.41, 5.74) is 7.86. The highest BCUT2D eigenvalue weighted by atomic mass is 32.1.